The summed E-state index contributed by atoms with van der Waals surface area (Å²) >= 11 is 5.97. The highest BCUT2D eigenvalue weighted by atomic mass is 35.5. The maximum Gasteiger partial charge on any atom is 0.409 e. The molecular formula is C27H34ClN3O4. The number of piperidine rings is 1. The lowest BCUT2D eigenvalue weighted by Crippen LogP contribution is -2.40. The third-order valence-electron chi connectivity index (χ3n) is 6.51. The molecule has 35 heavy (non-hydrogen) atoms. The first-order valence-corrected chi connectivity index (χ1v) is 12.9. The van der Waals surface area contributed by atoms with Crippen molar-refractivity contribution in [1.82, 2.24) is 14.5 Å². The van der Waals surface area contributed by atoms with Crippen molar-refractivity contribution in [3.05, 3.63) is 53.3 Å². The summed E-state index contributed by atoms with van der Waals surface area (Å²) < 4.78 is 13.5. The number of carbonyl (C=O) groups is 1. The Labute approximate surface area is 211 Å². The van der Waals surface area contributed by atoms with Gasteiger partial charge in [-0.3, -0.25) is 0 Å². The highest BCUT2D eigenvalue weighted by Gasteiger charge is 2.24. The monoisotopic (exact) mass is 499 g/mol. The van der Waals surface area contributed by atoms with E-state index in [2.05, 4.69) is 16.5 Å². The summed E-state index contributed by atoms with van der Waals surface area (Å²) in [6, 6.07) is 12.7. The number of unbranched alkanes of at least 4 members (excludes halogenated alkanes) is 1. The van der Waals surface area contributed by atoms with Crippen LogP contribution in [0.3, 0.4) is 0 Å². The van der Waals surface area contributed by atoms with Crippen LogP contribution in [0.2, 0.25) is 5.02 Å². The zero-order valence-corrected chi connectivity index (χ0v) is 21.0. The molecule has 0 radical (unpaired) electrons. The summed E-state index contributed by atoms with van der Waals surface area (Å²) in [5.41, 5.74) is 1.48. The summed E-state index contributed by atoms with van der Waals surface area (Å²) in [6.45, 7) is 5.16. The smallest absolute Gasteiger partial charge is 0.409 e. The zero-order valence-electron chi connectivity index (χ0n) is 20.3. The topological polar surface area (TPSA) is 76.8 Å². The van der Waals surface area contributed by atoms with Crippen LogP contribution in [0.4, 0.5) is 4.79 Å². The second kappa shape index (κ2) is 12.2. The van der Waals surface area contributed by atoms with Crippen LogP contribution in [0.15, 0.2) is 42.5 Å². The van der Waals surface area contributed by atoms with E-state index in [9.17, 15) is 9.90 Å². The number of fused-ring (bicyclic) bond motifs is 1. The van der Waals surface area contributed by atoms with E-state index in [4.69, 9.17) is 21.1 Å². The van der Waals surface area contributed by atoms with Gasteiger partial charge in [0.05, 0.1) is 12.1 Å². The number of phenols is 1. The van der Waals surface area contributed by atoms with Gasteiger partial charge in [0.25, 0.3) is 0 Å². The molecule has 7 nitrogen and oxygen atoms in total. The van der Waals surface area contributed by atoms with E-state index in [0.717, 1.165) is 69.5 Å². The van der Waals surface area contributed by atoms with E-state index in [1.165, 1.54) is 0 Å². The minimum atomic E-state index is -0.180. The summed E-state index contributed by atoms with van der Waals surface area (Å²) in [4.78, 5) is 18.9. The van der Waals surface area contributed by atoms with Gasteiger partial charge in [-0.1, -0.05) is 31.0 Å². The van der Waals surface area contributed by atoms with Gasteiger partial charge in [0.2, 0.25) is 0 Å². The van der Waals surface area contributed by atoms with Crippen molar-refractivity contribution in [3.8, 4) is 11.5 Å². The van der Waals surface area contributed by atoms with Crippen LogP contribution < -0.4 is 4.74 Å². The van der Waals surface area contributed by atoms with Crippen molar-refractivity contribution in [2.24, 2.45) is 5.92 Å². The van der Waals surface area contributed by atoms with Crippen LogP contribution in [0, 0.1) is 5.92 Å². The molecule has 8 heteroatoms. The number of hydrogen-bond acceptors (Lipinski definition) is 5. The fourth-order valence-corrected chi connectivity index (χ4v) is 4.74. The van der Waals surface area contributed by atoms with Crippen LogP contribution in [0.1, 0.15) is 51.3 Å². The maximum absolute atomic E-state index is 12.4. The van der Waals surface area contributed by atoms with Gasteiger partial charge >= 0.3 is 6.09 Å². The quantitative estimate of drug-likeness (QED) is 0.326. The summed E-state index contributed by atoms with van der Waals surface area (Å²) in [5.74, 6) is 2.10. The number of benzene rings is 2. The predicted molar refractivity (Wildman–Crippen MR) is 137 cm³/mol. The number of halogens is 1. The molecule has 0 saturated carbocycles. The fraction of sp³-hybridized carbons (Fsp3) is 0.481. The number of aromatic hydroxyl groups is 1. The molecule has 1 aromatic heterocycles. The third-order valence-corrected chi connectivity index (χ3v) is 6.76. The van der Waals surface area contributed by atoms with E-state index in [-0.39, 0.29) is 18.4 Å². The molecule has 0 spiro atoms. The maximum atomic E-state index is 12.4. The minimum Gasteiger partial charge on any atom is -0.506 e. The van der Waals surface area contributed by atoms with Crippen LogP contribution in [-0.4, -0.2) is 45.3 Å². The Kier molecular flexibility index (Phi) is 8.74. The van der Waals surface area contributed by atoms with Crippen LogP contribution in [0.25, 0.3) is 11.0 Å². The number of nitrogens with zero attached hydrogens (tertiary/aromatic N) is 3. The molecule has 0 bridgehead atoms. The van der Waals surface area contributed by atoms with Gasteiger partial charge < -0.3 is 24.0 Å². The van der Waals surface area contributed by atoms with Crippen molar-refractivity contribution in [3.63, 3.8) is 0 Å². The predicted octanol–water partition coefficient (Wildman–Crippen LogP) is 6.40. The molecule has 2 aromatic carbocycles. The van der Waals surface area contributed by atoms with Crippen LogP contribution in [0.5, 0.6) is 11.5 Å². The number of aromatic nitrogens is 2. The number of phenolic OH excluding ortho intramolecular Hbond substituents is 1. The molecule has 3 aromatic rings. The molecule has 0 aliphatic carbocycles. The summed E-state index contributed by atoms with van der Waals surface area (Å²) in [6.07, 6.45) is 5.82. The molecule has 188 valence electrons. The Morgan fingerprint density at radius 1 is 1.20 bits per heavy atom. The van der Waals surface area contributed by atoms with Gasteiger partial charge in [0.1, 0.15) is 29.4 Å². The second-order valence-electron chi connectivity index (χ2n) is 9.13. The van der Waals surface area contributed by atoms with Gasteiger partial charge in [-0.05, 0) is 74.4 Å². The van der Waals surface area contributed by atoms with E-state index in [1.807, 2.05) is 29.2 Å². The minimum absolute atomic E-state index is 0.165. The largest absolute Gasteiger partial charge is 0.506 e. The molecule has 1 aliphatic heterocycles. The molecule has 1 unspecified atom stereocenters. The average molecular weight is 500 g/mol. The molecule has 1 fully saturated rings. The van der Waals surface area contributed by atoms with Gasteiger partial charge in [-0.15, -0.1) is 0 Å². The molecule has 1 saturated heterocycles. The number of para-hydroxylation sites is 1. The Hall–Kier alpha value is -2.93. The molecular weight excluding hydrogens is 466 g/mol. The second-order valence-corrected chi connectivity index (χ2v) is 9.57. The van der Waals surface area contributed by atoms with Crippen LogP contribution >= 0.6 is 11.6 Å². The van der Waals surface area contributed by atoms with Crippen LogP contribution in [-0.2, 0) is 17.9 Å². The number of ether oxygens (including phenoxy) is 2. The van der Waals surface area contributed by atoms with E-state index < -0.39 is 0 Å². The fourth-order valence-electron chi connectivity index (χ4n) is 4.62. The van der Waals surface area contributed by atoms with E-state index in [1.54, 1.807) is 18.2 Å². The average Bonchev–Trinajstić information content (AvgIpc) is 3.23. The Morgan fingerprint density at radius 2 is 2.03 bits per heavy atom. The highest BCUT2D eigenvalue weighted by Crippen LogP contribution is 2.28. The van der Waals surface area contributed by atoms with E-state index in [0.29, 0.717) is 28.8 Å². The first kappa shape index (κ1) is 25.2. The number of aryl methyl sites for hydroxylation is 1. The number of carbonyl (C=O) groups excluding carboxylic acids is 1. The molecule has 1 aliphatic rings. The molecule has 1 atom stereocenters. The Balaban J connectivity index is 1.38. The number of hydrogen-bond donors (Lipinski definition) is 1. The lowest BCUT2D eigenvalue weighted by Gasteiger charge is -2.32. The van der Waals surface area contributed by atoms with Gasteiger partial charge in [-0.25, -0.2) is 9.78 Å². The Bertz CT molecular complexity index is 1120. The van der Waals surface area contributed by atoms with Crippen molar-refractivity contribution < 1.29 is 19.4 Å². The first-order valence-electron chi connectivity index (χ1n) is 12.5. The lowest BCUT2D eigenvalue weighted by atomic mass is 9.93. The third kappa shape index (κ3) is 6.60. The van der Waals surface area contributed by atoms with Crippen molar-refractivity contribution in [2.45, 2.75) is 58.6 Å². The van der Waals surface area contributed by atoms with Crippen molar-refractivity contribution >= 4 is 28.7 Å². The molecule has 1 amide bonds. The summed E-state index contributed by atoms with van der Waals surface area (Å²) in [7, 11) is 0. The van der Waals surface area contributed by atoms with Gasteiger partial charge in [0, 0.05) is 24.7 Å². The number of likely N-dealkylation sites (tertiary alicyclic amines) is 1. The lowest BCUT2D eigenvalue weighted by molar-refractivity contribution is 0.0818. The summed E-state index contributed by atoms with van der Waals surface area (Å²) in [5, 5.41) is 11.0. The van der Waals surface area contributed by atoms with Crippen molar-refractivity contribution in [2.75, 3.05) is 19.7 Å². The first-order chi connectivity index (χ1) is 17.0. The van der Waals surface area contributed by atoms with E-state index >= 15 is 0 Å². The van der Waals surface area contributed by atoms with Gasteiger partial charge in [-0.2, -0.15) is 0 Å². The SMILES string of the molecule is CCCCOC(=O)N1CCCC(CCCn2c(COc3ccc(Cl)cc3)nc3c(O)cccc32)C1. The molecule has 4 rings (SSSR count). The number of rotatable bonds is 10. The number of amides is 1. The zero-order chi connectivity index (χ0) is 24.6. The number of imidazole rings is 1. The standard InChI is InChI=1S/C27H34ClN3O4/c1-2-3-17-34-27(33)30-15-5-7-20(18-30)8-6-16-31-23-9-4-10-24(32)26(23)29-25(31)19-35-22-13-11-21(28)12-14-22/h4,9-14,20,32H,2-3,5-8,15-19H2,1H3. The van der Waals surface area contributed by atoms with Crippen molar-refractivity contribution in [1.29, 1.82) is 0 Å². The normalized spacial score (nSPS) is 15.9. The molecule has 2 heterocycles. The highest BCUT2D eigenvalue weighted by molar-refractivity contribution is 6.30. The molecule has 1 N–H and O–H groups in total. The van der Waals surface area contributed by atoms with Gasteiger partial charge in [0.15, 0.2) is 0 Å². The Morgan fingerprint density at radius 3 is 2.83 bits per heavy atom.